The van der Waals surface area contributed by atoms with Crippen LogP contribution in [-0.4, -0.2) is 36.6 Å². The normalized spacial score (nSPS) is 18.5. The van der Waals surface area contributed by atoms with Crippen LogP contribution in [0, 0.1) is 28.6 Å². The zero-order valence-electron chi connectivity index (χ0n) is 12.7. The second-order valence-corrected chi connectivity index (χ2v) is 5.66. The van der Waals surface area contributed by atoms with E-state index in [1.807, 2.05) is 12.1 Å². The molecule has 1 amide bonds. The van der Waals surface area contributed by atoms with E-state index in [-0.39, 0.29) is 23.6 Å². The minimum Gasteiger partial charge on any atom is -0.326 e. The van der Waals surface area contributed by atoms with Gasteiger partial charge in [0.2, 0.25) is 5.91 Å². The molecule has 1 unspecified atom stereocenters. The second-order valence-electron chi connectivity index (χ2n) is 5.66. The molecule has 1 saturated heterocycles. The molecule has 1 aromatic carbocycles. The van der Waals surface area contributed by atoms with Gasteiger partial charge in [-0.1, -0.05) is 0 Å². The van der Waals surface area contributed by atoms with Crippen molar-refractivity contribution in [2.45, 2.75) is 19.0 Å². The molecular weight excluding hydrogens is 321 g/mol. The Labute approximate surface area is 137 Å². The number of nitriles is 2. The number of carbonyl (C=O) groups is 1. The van der Waals surface area contributed by atoms with Gasteiger partial charge in [0.25, 0.3) is 0 Å². The number of piperidine rings is 1. The van der Waals surface area contributed by atoms with Gasteiger partial charge in [0, 0.05) is 12.2 Å². The fraction of sp³-hybridized carbons (Fsp3) is 0.438. The third kappa shape index (κ3) is 4.71. The van der Waals surface area contributed by atoms with E-state index in [1.54, 1.807) is 0 Å². The molecule has 126 valence electrons. The Kier molecular flexibility index (Phi) is 5.42. The summed E-state index contributed by atoms with van der Waals surface area (Å²) in [4.78, 5) is 13.5. The number of benzene rings is 1. The Hall–Kier alpha value is -2.58. The van der Waals surface area contributed by atoms with Crippen molar-refractivity contribution in [3.63, 3.8) is 0 Å². The van der Waals surface area contributed by atoms with Gasteiger partial charge in [-0.25, -0.2) is 0 Å². The third-order valence-electron chi connectivity index (χ3n) is 3.81. The van der Waals surface area contributed by atoms with E-state index < -0.39 is 18.6 Å². The number of halogens is 3. The van der Waals surface area contributed by atoms with Gasteiger partial charge in [0.15, 0.2) is 0 Å². The van der Waals surface area contributed by atoms with Gasteiger partial charge in [0.1, 0.15) is 12.1 Å². The molecule has 2 rings (SSSR count). The van der Waals surface area contributed by atoms with E-state index in [9.17, 15) is 18.0 Å². The lowest BCUT2D eigenvalue weighted by molar-refractivity contribution is -0.151. The van der Waals surface area contributed by atoms with Gasteiger partial charge < -0.3 is 5.32 Å². The summed E-state index contributed by atoms with van der Waals surface area (Å²) < 4.78 is 37.4. The molecule has 1 heterocycles. The summed E-state index contributed by atoms with van der Waals surface area (Å²) in [6, 6.07) is 8.03. The lowest BCUT2D eigenvalue weighted by Crippen LogP contribution is -2.44. The molecule has 1 fully saturated rings. The highest BCUT2D eigenvalue weighted by Crippen LogP contribution is 2.24. The maximum atomic E-state index is 12.5. The van der Waals surface area contributed by atoms with E-state index in [0.29, 0.717) is 25.1 Å². The lowest BCUT2D eigenvalue weighted by atomic mass is 9.97. The fourth-order valence-corrected chi connectivity index (χ4v) is 2.72. The van der Waals surface area contributed by atoms with Gasteiger partial charge in [-0.05, 0) is 37.6 Å². The Balaban J connectivity index is 2.02. The van der Waals surface area contributed by atoms with E-state index in [1.165, 1.54) is 23.1 Å². The van der Waals surface area contributed by atoms with Gasteiger partial charge >= 0.3 is 6.18 Å². The van der Waals surface area contributed by atoms with Crippen molar-refractivity contribution >= 4 is 11.6 Å². The first-order chi connectivity index (χ1) is 11.3. The summed E-state index contributed by atoms with van der Waals surface area (Å²) in [5.41, 5.74) is 0.686. The van der Waals surface area contributed by atoms with Crippen LogP contribution in [0.2, 0.25) is 0 Å². The summed E-state index contributed by atoms with van der Waals surface area (Å²) in [7, 11) is 0. The minimum atomic E-state index is -4.28. The van der Waals surface area contributed by atoms with E-state index >= 15 is 0 Å². The average molecular weight is 336 g/mol. The first-order valence-corrected chi connectivity index (χ1v) is 7.36. The van der Waals surface area contributed by atoms with Crippen molar-refractivity contribution in [3.05, 3.63) is 29.3 Å². The van der Waals surface area contributed by atoms with E-state index in [4.69, 9.17) is 10.5 Å². The highest BCUT2D eigenvalue weighted by molar-refractivity contribution is 5.93. The quantitative estimate of drug-likeness (QED) is 0.920. The summed E-state index contributed by atoms with van der Waals surface area (Å²) in [5.74, 6) is -0.919. The molecule has 1 aliphatic rings. The molecule has 1 atom stereocenters. The van der Waals surface area contributed by atoms with Crippen LogP contribution in [0.1, 0.15) is 24.0 Å². The summed E-state index contributed by atoms with van der Waals surface area (Å²) >= 11 is 0. The van der Waals surface area contributed by atoms with Crippen LogP contribution in [0.5, 0.6) is 0 Å². The van der Waals surface area contributed by atoms with Crippen LogP contribution in [0.3, 0.4) is 0 Å². The number of hydrogen-bond acceptors (Lipinski definition) is 4. The lowest BCUT2D eigenvalue weighted by Gasteiger charge is -2.32. The van der Waals surface area contributed by atoms with Crippen molar-refractivity contribution in [2.75, 3.05) is 25.0 Å². The van der Waals surface area contributed by atoms with Gasteiger partial charge in [-0.15, -0.1) is 0 Å². The molecule has 0 aliphatic carbocycles. The van der Waals surface area contributed by atoms with E-state index in [2.05, 4.69) is 5.32 Å². The van der Waals surface area contributed by atoms with Crippen molar-refractivity contribution in [1.29, 1.82) is 10.5 Å². The Morgan fingerprint density at radius 2 is 2.00 bits per heavy atom. The van der Waals surface area contributed by atoms with Crippen LogP contribution in [0.4, 0.5) is 18.9 Å². The molecule has 0 aromatic heterocycles. The van der Waals surface area contributed by atoms with Gasteiger partial charge in [0.05, 0.1) is 23.6 Å². The van der Waals surface area contributed by atoms with Crippen LogP contribution >= 0.6 is 0 Å². The number of nitrogens with one attached hydrogen (secondary N) is 1. The molecule has 0 radical (unpaired) electrons. The maximum absolute atomic E-state index is 12.5. The molecule has 0 saturated carbocycles. The number of carbonyl (C=O) groups excluding carboxylic acids is 1. The zero-order chi connectivity index (χ0) is 17.7. The smallest absolute Gasteiger partial charge is 0.326 e. The number of amides is 1. The molecular formula is C16H15F3N4O. The van der Waals surface area contributed by atoms with Gasteiger partial charge in [-0.2, -0.15) is 23.7 Å². The predicted octanol–water partition coefficient (Wildman–Crippen LogP) is 2.64. The van der Waals surface area contributed by atoms with Crippen LogP contribution < -0.4 is 5.32 Å². The Morgan fingerprint density at radius 3 is 2.62 bits per heavy atom. The topological polar surface area (TPSA) is 79.9 Å². The van der Waals surface area contributed by atoms with Crippen molar-refractivity contribution in [3.8, 4) is 12.1 Å². The second kappa shape index (κ2) is 7.33. The summed E-state index contributed by atoms with van der Waals surface area (Å²) in [6.45, 7) is -0.655. The monoisotopic (exact) mass is 336 g/mol. The number of rotatable bonds is 3. The first kappa shape index (κ1) is 17.8. The van der Waals surface area contributed by atoms with E-state index in [0.717, 1.165) is 0 Å². The SMILES string of the molecule is N#Cc1ccc(NC(=O)C2CCCN(CC(F)(F)F)C2)cc1C#N. The van der Waals surface area contributed by atoms with Crippen LogP contribution in [0.25, 0.3) is 0 Å². The highest BCUT2D eigenvalue weighted by atomic mass is 19.4. The number of likely N-dealkylation sites (tertiary alicyclic amines) is 1. The largest absolute Gasteiger partial charge is 0.401 e. The van der Waals surface area contributed by atoms with Crippen molar-refractivity contribution in [1.82, 2.24) is 4.90 Å². The van der Waals surface area contributed by atoms with Gasteiger partial charge in [-0.3, -0.25) is 9.69 Å². The Bertz CT molecular complexity index is 703. The minimum absolute atomic E-state index is 0.0483. The molecule has 0 spiro atoms. The molecule has 1 N–H and O–H groups in total. The highest BCUT2D eigenvalue weighted by Gasteiger charge is 2.34. The van der Waals surface area contributed by atoms with Crippen LogP contribution in [0.15, 0.2) is 18.2 Å². The Morgan fingerprint density at radius 1 is 1.29 bits per heavy atom. The standard InChI is InChI=1S/C16H15F3N4O/c17-16(18,19)10-23-5-1-2-12(9-23)15(24)22-14-4-3-11(7-20)13(6-14)8-21/h3-4,6,12H,1-2,5,9-10H2,(H,22,24). The molecule has 1 aliphatic heterocycles. The molecule has 1 aromatic rings. The fourth-order valence-electron chi connectivity index (χ4n) is 2.72. The van der Waals surface area contributed by atoms with Crippen molar-refractivity contribution in [2.24, 2.45) is 5.92 Å². The maximum Gasteiger partial charge on any atom is 0.401 e. The number of alkyl halides is 3. The molecule has 0 bridgehead atoms. The molecule has 8 heteroatoms. The van der Waals surface area contributed by atoms with Crippen LogP contribution in [-0.2, 0) is 4.79 Å². The third-order valence-corrected chi connectivity index (χ3v) is 3.81. The molecule has 5 nitrogen and oxygen atoms in total. The van der Waals surface area contributed by atoms with Crippen molar-refractivity contribution < 1.29 is 18.0 Å². The summed E-state index contributed by atoms with van der Waals surface area (Å²) in [5, 5.41) is 20.4. The zero-order valence-corrected chi connectivity index (χ0v) is 12.7. The number of hydrogen-bond donors (Lipinski definition) is 1. The number of nitrogens with zero attached hydrogens (tertiary/aromatic N) is 3. The molecule has 24 heavy (non-hydrogen) atoms. The number of anilines is 1. The predicted molar refractivity (Wildman–Crippen MR) is 79.7 cm³/mol. The first-order valence-electron chi connectivity index (χ1n) is 7.36. The average Bonchev–Trinajstić information content (AvgIpc) is 2.53. The summed E-state index contributed by atoms with van der Waals surface area (Å²) in [6.07, 6.45) is -3.25.